The third-order valence-electron chi connectivity index (χ3n) is 4.71. The summed E-state index contributed by atoms with van der Waals surface area (Å²) < 4.78 is 29.7. The number of carbonyl (C=O) groups is 1. The minimum absolute atomic E-state index is 0.201. The molecule has 1 atom stereocenters. The number of hydrogen-bond acceptors (Lipinski definition) is 8. The average Bonchev–Trinajstić information content (AvgIpc) is 2.64. The van der Waals surface area contributed by atoms with E-state index in [1.807, 2.05) is 27.7 Å². The highest BCUT2D eigenvalue weighted by atomic mass is 33.1. The third-order valence-corrected chi connectivity index (χ3v) is 12.1. The Morgan fingerprint density at radius 2 is 1.82 bits per heavy atom. The Kier molecular flexibility index (Phi) is 11.5. The second-order valence-electron chi connectivity index (χ2n) is 8.29. The molecule has 1 heterocycles. The van der Waals surface area contributed by atoms with Crippen molar-refractivity contribution in [2.45, 2.75) is 59.5 Å². The van der Waals surface area contributed by atoms with Crippen LogP contribution in [0.1, 0.15) is 53.9 Å². The molecule has 9 heteroatoms. The van der Waals surface area contributed by atoms with Gasteiger partial charge in [0.1, 0.15) is 6.61 Å². The Labute approximate surface area is 179 Å². The summed E-state index contributed by atoms with van der Waals surface area (Å²) >= 11 is 2.52. The first-order chi connectivity index (χ1) is 13.0. The summed E-state index contributed by atoms with van der Waals surface area (Å²) in [6, 6.07) is 0. The van der Waals surface area contributed by atoms with Crippen LogP contribution in [-0.4, -0.2) is 67.9 Å². The summed E-state index contributed by atoms with van der Waals surface area (Å²) in [7, 11) is 0. The molecule has 28 heavy (non-hydrogen) atoms. The van der Waals surface area contributed by atoms with Crippen molar-refractivity contribution in [2.24, 2.45) is 5.41 Å². The molecule has 0 N–H and O–H groups in total. The minimum Gasteiger partial charge on any atom is -0.464 e. The Balaban J connectivity index is 2.37. The van der Waals surface area contributed by atoms with E-state index in [4.69, 9.17) is 14.0 Å². The van der Waals surface area contributed by atoms with Gasteiger partial charge in [-0.2, -0.15) is 0 Å². The van der Waals surface area contributed by atoms with Crippen molar-refractivity contribution in [3.05, 3.63) is 0 Å². The van der Waals surface area contributed by atoms with Crippen LogP contribution in [0.25, 0.3) is 0 Å². The number of carbonyl (C=O) groups excluding carboxylic acids is 1. The summed E-state index contributed by atoms with van der Waals surface area (Å²) in [5, 5.41) is 0. The van der Waals surface area contributed by atoms with Gasteiger partial charge in [0, 0.05) is 18.8 Å². The molecular formula is C19H38NO5PS2. The number of rotatable bonds is 13. The molecule has 1 saturated heterocycles. The Hall–Kier alpha value is 0.280. The lowest BCUT2D eigenvalue weighted by molar-refractivity contribution is -0.153. The lowest BCUT2D eigenvalue weighted by Gasteiger charge is -2.30. The molecule has 0 aromatic rings. The molecule has 0 aromatic heterocycles. The van der Waals surface area contributed by atoms with Gasteiger partial charge < -0.3 is 14.0 Å². The second-order valence-corrected chi connectivity index (χ2v) is 15.8. The van der Waals surface area contributed by atoms with Crippen molar-refractivity contribution >= 4 is 34.5 Å². The third kappa shape index (κ3) is 9.86. The maximum Gasteiger partial charge on any atom is 0.313 e. The predicted octanol–water partition coefficient (Wildman–Crippen LogP) is 5.08. The van der Waals surface area contributed by atoms with Gasteiger partial charge in [-0.25, -0.2) is 0 Å². The molecule has 0 amide bonds. The van der Waals surface area contributed by atoms with E-state index in [1.165, 1.54) is 22.8 Å². The molecule has 0 aromatic carbocycles. The molecule has 1 unspecified atom stereocenters. The molecule has 6 nitrogen and oxygen atoms in total. The molecule has 1 aliphatic heterocycles. The van der Waals surface area contributed by atoms with Gasteiger partial charge in [-0.1, -0.05) is 36.1 Å². The second kappa shape index (κ2) is 12.2. The van der Waals surface area contributed by atoms with Gasteiger partial charge in [0.15, 0.2) is 0 Å². The van der Waals surface area contributed by atoms with Crippen molar-refractivity contribution in [2.75, 3.05) is 51.5 Å². The average molecular weight is 456 g/mol. The highest BCUT2D eigenvalue weighted by Crippen LogP contribution is 2.70. The Morgan fingerprint density at radius 1 is 1.18 bits per heavy atom. The van der Waals surface area contributed by atoms with E-state index in [2.05, 4.69) is 11.8 Å². The first kappa shape index (κ1) is 26.3. The molecule has 1 aliphatic rings. The zero-order chi connectivity index (χ0) is 21.3. The van der Waals surface area contributed by atoms with Crippen LogP contribution in [0.2, 0.25) is 0 Å². The van der Waals surface area contributed by atoms with Crippen molar-refractivity contribution in [1.29, 1.82) is 0 Å². The standard InChI is InChI=1S/C19H38NO5PS2/c1-7-8-19(4,5)25-26(22,27-6)28-16-15-24-17(21)18(2,3)9-10-20-11-13-23-14-12-20/h7-16H2,1-6H3. The molecule has 0 bridgehead atoms. The van der Waals surface area contributed by atoms with E-state index in [-0.39, 0.29) is 12.6 Å². The molecular weight excluding hydrogens is 417 g/mol. The number of hydrogen-bond donors (Lipinski definition) is 0. The highest BCUT2D eigenvalue weighted by molar-refractivity contribution is 8.89. The van der Waals surface area contributed by atoms with E-state index in [0.717, 1.165) is 52.1 Å². The van der Waals surface area contributed by atoms with Gasteiger partial charge in [-0.3, -0.25) is 14.3 Å². The Morgan fingerprint density at radius 3 is 2.39 bits per heavy atom. The zero-order valence-corrected chi connectivity index (χ0v) is 20.9. The molecule has 0 radical (unpaired) electrons. The molecule has 1 rings (SSSR count). The largest absolute Gasteiger partial charge is 0.464 e. The highest BCUT2D eigenvalue weighted by Gasteiger charge is 2.33. The number of esters is 1. The van der Waals surface area contributed by atoms with Crippen LogP contribution in [0.4, 0.5) is 0 Å². The minimum atomic E-state index is -2.86. The van der Waals surface area contributed by atoms with E-state index in [0.29, 0.717) is 5.75 Å². The summed E-state index contributed by atoms with van der Waals surface area (Å²) in [6.07, 6.45) is 4.38. The van der Waals surface area contributed by atoms with Gasteiger partial charge in [-0.15, -0.1) is 0 Å². The van der Waals surface area contributed by atoms with Crippen LogP contribution in [0.5, 0.6) is 0 Å². The number of ether oxygens (including phenoxy) is 2. The fourth-order valence-corrected chi connectivity index (χ4v) is 8.64. The first-order valence-electron chi connectivity index (χ1n) is 10.0. The topological polar surface area (TPSA) is 65.1 Å². The van der Waals surface area contributed by atoms with Gasteiger partial charge in [0.2, 0.25) is 0 Å². The predicted molar refractivity (Wildman–Crippen MR) is 120 cm³/mol. The number of morpholine rings is 1. The van der Waals surface area contributed by atoms with Crippen molar-refractivity contribution < 1.29 is 23.4 Å². The monoisotopic (exact) mass is 455 g/mol. The SMILES string of the molecule is CCCC(C)(C)OP(=O)(SC)SCCOC(=O)C(C)(C)CCN1CCOCC1. The van der Waals surface area contributed by atoms with Crippen molar-refractivity contribution in [1.82, 2.24) is 4.90 Å². The van der Waals surface area contributed by atoms with Crippen LogP contribution in [0, 0.1) is 5.41 Å². The zero-order valence-electron chi connectivity index (χ0n) is 18.3. The van der Waals surface area contributed by atoms with Crippen LogP contribution in [0.3, 0.4) is 0 Å². The Bertz CT molecular complexity index is 524. The normalized spacial score (nSPS) is 18.6. The van der Waals surface area contributed by atoms with Crippen LogP contribution >= 0.6 is 28.5 Å². The maximum absolute atomic E-state index is 12.9. The van der Waals surface area contributed by atoms with Gasteiger partial charge >= 0.3 is 11.7 Å². The summed E-state index contributed by atoms with van der Waals surface area (Å²) in [5.74, 6) is -2.60. The lowest BCUT2D eigenvalue weighted by atomic mass is 9.89. The van der Waals surface area contributed by atoms with Crippen LogP contribution in [0.15, 0.2) is 0 Å². The molecule has 0 aliphatic carbocycles. The quantitative estimate of drug-likeness (QED) is 0.216. The van der Waals surface area contributed by atoms with E-state index < -0.39 is 16.8 Å². The van der Waals surface area contributed by atoms with Crippen LogP contribution in [-0.2, 0) is 23.4 Å². The molecule has 1 fully saturated rings. The smallest absolute Gasteiger partial charge is 0.313 e. The van der Waals surface area contributed by atoms with E-state index >= 15 is 0 Å². The van der Waals surface area contributed by atoms with Crippen molar-refractivity contribution in [3.8, 4) is 0 Å². The summed E-state index contributed by atoms with van der Waals surface area (Å²) in [6.45, 7) is 14.3. The fourth-order valence-electron chi connectivity index (χ4n) is 2.91. The van der Waals surface area contributed by atoms with Crippen LogP contribution < -0.4 is 0 Å². The summed E-state index contributed by atoms with van der Waals surface area (Å²) in [4.78, 5) is 14.8. The van der Waals surface area contributed by atoms with Gasteiger partial charge in [0.05, 0.1) is 24.2 Å². The van der Waals surface area contributed by atoms with E-state index in [1.54, 1.807) is 6.26 Å². The molecule has 0 saturated carbocycles. The van der Waals surface area contributed by atoms with Gasteiger partial charge in [0.25, 0.3) is 0 Å². The summed E-state index contributed by atoms with van der Waals surface area (Å²) in [5.41, 5.74) is -0.954. The van der Waals surface area contributed by atoms with Gasteiger partial charge in [-0.05, 0) is 53.3 Å². The lowest BCUT2D eigenvalue weighted by Crippen LogP contribution is -2.39. The van der Waals surface area contributed by atoms with E-state index in [9.17, 15) is 9.36 Å². The fraction of sp³-hybridized carbons (Fsp3) is 0.947. The maximum atomic E-state index is 12.9. The number of nitrogens with zero attached hydrogens (tertiary/aromatic N) is 1. The first-order valence-corrected chi connectivity index (χ1v) is 15.1. The van der Waals surface area contributed by atoms with Crippen molar-refractivity contribution in [3.63, 3.8) is 0 Å². The molecule has 166 valence electrons. The molecule has 0 spiro atoms.